The van der Waals surface area contributed by atoms with Gasteiger partial charge in [-0.2, -0.15) is 0 Å². The number of carbonyl (C=O) groups is 1. The molecule has 1 aromatic heterocycles. The molecule has 0 aliphatic heterocycles. The van der Waals surface area contributed by atoms with Crippen LogP contribution in [0.3, 0.4) is 0 Å². The molecule has 0 aliphatic rings. The number of carbonyl (C=O) groups excluding carboxylic acids is 1. The average molecular weight is 390 g/mol. The van der Waals surface area contributed by atoms with Crippen LogP contribution in [0, 0.1) is 13.8 Å². The standard InChI is InChI=1S/C25H31N3O/c1-18-14-24(20(3)28(18)19(2)23-12-7-6-8-13-23)25(29)26-16-21-10-9-11-22(15-21)17-27(4)5/h6-15,19H,16-17H2,1-5H3,(H,26,29). The minimum Gasteiger partial charge on any atom is -0.348 e. The first-order valence-corrected chi connectivity index (χ1v) is 10.1. The molecule has 0 saturated carbocycles. The molecule has 4 nitrogen and oxygen atoms in total. The Hall–Kier alpha value is -2.85. The van der Waals surface area contributed by atoms with Crippen molar-refractivity contribution in [1.29, 1.82) is 0 Å². The van der Waals surface area contributed by atoms with E-state index in [-0.39, 0.29) is 11.9 Å². The molecule has 1 atom stereocenters. The molecule has 2 aromatic carbocycles. The van der Waals surface area contributed by atoms with Crippen LogP contribution in [0.4, 0.5) is 0 Å². The summed E-state index contributed by atoms with van der Waals surface area (Å²) in [6.45, 7) is 7.68. The van der Waals surface area contributed by atoms with Gasteiger partial charge in [0.05, 0.1) is 11.6 Å². The van der Waals surface area contributed by atoms with Gasteiger partial charge in [0.1, 0.15) is 0 Å². The van der Waals surface area contributed by atoms with Crippen LogP contribution < -0.4 is 5.32 Å². The predicted octanol–water partition coefficient (Wildman–Crippen LogP) is 4.71. The van der Waals surface area contributed by atoms with Gasteiger partial charge in [-0.3, -0.25) is 4.79 Å². The summed E-state index contributed by atoms with van der Waals surface area (Å²) < 4.78 is 2.24. The Kier molecular flexibility index (Phi) is 6.55. The zero-order valence-electron chi connectivity index (χ0n) is 18.1. The molecular formula is C25H31N3O. The zero-order chi connectivity index (χ0) is 21.0. The third kappa shape index (κ3) is 4.96. The minimum atomic E-state index is -0.0253. The topological polar surface area (TPSA) is 37.3 Å². The lowest BCUT2D eigenvalue weighted by Crippen LogP contribution is -2.23. The molecular weight excluding hydrogens is 358 g/mol. The number of amides is 1. The smallest absolute Gasteiger partial charge is 0.253 e. The number of rotatable bonds is 7. The zero-order valence-corrected chi connectivity index (χ0v) is 18.1. The lowest BCUT2D eigenvalue weighted by molar-refractivity contribution is 0.0950. The predicted molar refractivity (Wildman–Crippen MR) is 119 cm³/mol. The molecule has 0 saturated heterocycles. The van der Waals surface area contributed by atoms with Gasteiger partial charge in [0.15, 0.2) is 0 Å². The summed E-state index contributed by atoms with van der Waals surface area (Å²) in [6.07, 6.45) is 0. The highest BCUT2D eigenvalue weighted by atomic mass is 16.1. The van der Waals surface area contributed by atoms with E-state index in [1.807, 2.05) is 25.1 Å². The van der Waals surface area contributed by atoms with E-state index < -0.39 is 0 Å². The summed E-state index contributed by atoms with van der Waals surface area (Å²) in [5.74, 6) is -0.0253. The number of benzene rings is 2. The lowest BCUT2D eigenvalue weighted by atomic mass is 10.1. The van der Waals surface area contributed by atoms with Crippen LogP contribution in [0.5, 0.6) is 0 Å². The van der Waals surface area contributed by atoms with Gasteiger partial charge in [-0.1, -0.05) is 54.6 Å². The molecule has 0 bridgehead atoms. The molecule has 152 valence electrons. The van der Waals surface area contributed by atoms with E-state index in [1.54, 1.807) is 0 Å². The summed E-state index contributed by atoms with van der Waals surface area (Å²) in [7, 11) is 4.11. The molecule has 0 radical (unpaired) electrons. The van der Waals surface area contributed by atoms with E-state index in [4.69, 9.17) is 0 Å². The van der Waals surface area contributed by atoms with E-state index >= 15 is 0 Å². The van der Waals surface area contributed by atoms with Crippen molar-refractivity contribution >= 4 is 5.91 Å². The van der Waals surface area contributed by atoms with Gasteiger partial charge in [-0.05, 0) is 57.6 Å². The van der Waals surface area contributed by atoms with E-state index in [9.17, 15) is 4.79 Å². The Morgan fingerprint density at radius 1 is 1.00 bits per heavy atom. The summed E-state index contributed by atoms with van der Waals surface area (Å²) in [4.78, 5) is 15.0. The van der Waals surface area contributed by atoms with E-state index in [0.717, 1.165) is 29.1 Å². The Labute approximate surface area is 174 Å². The van der Waals surface area contributed by atoms with E-state index in [0.29, 0.717) is 6.54 Å². The van der Waals surface area contributed by atoms with Crippen LogP contribution >= 0.6 is 0 Å². The lowest BCUT2D eigenvalue weighted by Gasteiger charge is -2.19. The van der Waals surface area contributed by atoms with Crippen molar-refractivity contribution in [2.24, 2.45) is 0 Å². The van der Waals surface area contributed by atoms with Crippen LogP contribution in [0.1, 0.15) is 51.4 Å². The molecule has 1 N–H and O–H groups in total. The van der Waals surface area contributed by atoms with Crippen LogP contribution in [-0.2, 0) is 13.1 Å². The maximum atomic E-state index is 12.9. The van der Waals surface area contributed by atoms with E-state index in [2.05, 4.69) is 85.2 Å². The van der Waals surface area contributed by atoms with Crippen LogP contribution in [0.15, 0.2) is 60.7 Å². The molecule has 1 unspecified atom stereocenters. The van der Waals surface area contributed by atoms with Crippen molar-refractivity contribution in [3.8, 4) is 0 Å². The molecule has 29 heavy (non-hydrogen) atoms. The summed E-state index contributed by atoms with van der Waals surface area (Å²) in [6, 6.07) is 20.9. The monoisotopic (exact) mass is 389 g/mol. The molecule has 0 aliphatic carbocycles. The van der Waals surface area contributed by atoms with Gasteiger partial charge < -0.3 is 14.8 Å². The number of aromatic nitrogens is 1. The number of nitrogens with one attached hydrogen (secondary N) is 1. The van der Waals surface area contributed by atoms with Crippen molar-refractivity contribution in [3.05, 3.63) is 94.3 Å². The number of hydrogen-bond donors (Lipinski definition) is 1. The first kappa shape index (κ1) is 20.9. The quantitative estimate of drug-likeness (QED) is 0.636. The summed E-state index contributed by atoms with van der Waals surface area (Å²) in [5.41, 5.74) is 6.43. The van der Waals surface area contributed by atoms with Gasteiger partial charge in [-0.25, -0.2) is 0 Å². The van der Waals surface area contributed by atoms with Gasteiger partial charge >= 0.3 is 0 Å². The maximum absolute atomic E-state index is 12.9. The second kappa shape index (κ2) is 9.10. The van der Waals surface area contributed by atoms with Gasteiger partial charge in [0.25, 0.3) is 5.91 Å². The first-order valence-electron chi connectivity index (χ1n) is 10.1. The fourth-order valence-electron chi connectivity index (χ4n) is 3.96. The summed E-state index contributed by atoms with van der Waals surface area (Å²) in [5, 5.41) is 3.09. The third-order valence-corrected chi connectivity index (χ3v) is 5.34. The molecule has 3 aromatic rings. The van der Waals surface area contributed by atoms with Gasteiger partial charge in [0.2, 0.25) is 0 Å². The fourth-order valence-corrected chi connectivity index (χ4v) is 3.96. The molecule has 1 heterocycles. The first-order chi connectivity index (χ1) is 13.9. The highest BCUT2D eigenvalue weighted by molar-refractivity contribution is 5.95. The van der Waals surface area contributed by atoms with Crippen LogP contribution in [-0.4, -0.2) is 29.5 Å². The Morgan fingerprint density at radius 3 is 2.38 bits per heavy atom. The number of hydrogen-bond acceptors (Lipinski definition) is 2. The number of nitrogens with zero attached hydrogens (tertiary/aromatic N) is 2. The molecule has 3 rings (SSSR count). The highest BCUT2D eigenvalue weighted by Crippen LogP contribution is 2.25. The molecule has 1 amide bonds. The highest BCUT2D eigenvalue weighted by Gasteiger charge is 2.19. The Balaban J connectivity index is 1.74. The average Bonchev–Trinajstić information content (AvgIpc) is 3.00. The Bertz CT molecular complexity index is 973. The van der Waals surface area contributed by atoms with Gasteiger partial charge in [-0.15, -0.1) is 0 Å². The second-order valence-corrected chi connectivity index (χ2v) is 7.98. The second-order valence-electron chi connectivity index (χ2n) is 7.98. The molecule has 4 heteroatoms. The van der Waals surface area contributed by atoms with Crippen LogP contribution in [0.25, 0.3) is 0 Å². The van der Waals surface area contributed by atoms with Crippen molar-refractivity contribution in [1.82, 2.24) is 14.8 Å². The van der Waals surface area contributed by atoms with Crippen molar-refractivity contribution in [2.75, 3.05) is 14.1 Å². The largest absolute Gasteiger partial charge is 0.348 e. The third-order valence-electron chi connectivity index (χ3n) is 5.34. The maximum Gasteiger partial charge on any atom is 0.253 e. The van der Waals surface area contributed by atoms with Crippen LogP contribution in [0.2, 0.25) is 0 Å². The minimum absolute atomic E-state index is 0.0253. The molecule has 0 spiro atoms. The molecule has 0 fully saturated rings. The Morgan fingerprint density at radius 2 is 1.69 bits per heavy atom. The normalized spacial score (nSPS) is 12.2. The van der Waals surface area contributed by atoms with Crippen molar-refractivity contribution < 1.29 is 4.79 Å². The SMILES string of the molecule is Cc1cc(C(=O)NCc2cccc(CN(C)C)c2)c(C)n1C(C)c1ccccc1. The fraction of sp³-hybridized carbons (Fsp3) is 0.320. The van der Waals surface area contributed by atoms with E-state index in [1.165, 1.54) is 11.1 Å². The van der Waals surface area contributed by atoms with Crippen molar-refractivity contribution in [2.45, 2.75) is 39.9 Å². The van der Waals surface area contributed by atoms with Crippen molar-refractivity contribution in [3.63, 3.8) is 0 Å². The van der Waals surface area contributed by atoms with Gasteiger partial charge in [0, 0.05) is 24.5 Å². The number of aryl methyl sites for hydroxylation is 1. The summed E-state index contributed by atoms with van der Waals surface area (Å²) >= 11 is 0.